The number of hydrogen-bond acceptors (Lipinski definition) is 6. The first kappa shape index (κ1) is 21.7. The number of aliphatic hydroxyl groups is 2. The third kappa shape index (κ3) is 2.36. The second-order valence-corrected chi connectivity index (χ2v) is 12.0. The molecule has 5 aliphatic carbocycles. The molecule has 5 fully saturated rings. The number of carbonyl (C=O) groups excluding carboxylic acids is 2. The van der Waals surface area contributed by atoms with E-state index in [0.29, 0.717) is 25.2 Å². The molecule has 0 radical (unpaired) electrons. The van der Waals surface area contributed by atoms with Gasteiger partial charge in [-0.2, -0.15) is 0 Å². The highest BCUT2D eigenvalue weighted by Gasteiger charge is 2.84. The van der Waals surface area contributed by atoms with Crippen molar-refractivity contribution in [3.05, 3.63) is 0 Å². The molecular weight excluding hydrogens is 396 g/mol. The zero-order valence-corrected chi connectivity index (χ0v) is 19.6. The Morgan fingerprint density at radius 3 is 2.23 bits per heavy atom. The predicted molar refractivity (Wildman–Crippen MR) is 113 cm³/mol. The minimum Gasteiger partial charge on any atom is -0.463 e. The predicted octanol–water partition coefficient (Wildman–Crippen LogP) is 3.37. The van der Waals surface area contributed by atoms with E-state index in [1.54, 1.807) is 0 Å². The van der Waals surface area contributed by atoms with Crippen LogP contribution in [0.15, 0.2) is 0 Å². The molecule has 0 amide bonds. The number of esters is 2. The Kier molecular flexibility index (Phi) is 4.37. The molecule has 0 bridgehead atoms. The van der Waals surface area contributed by atoms with Crippen LogP contribution in [0.3, 0.4) is 0 Å². The van der Waals surface area contributed by atoms with Crippen LogP contribution in [0, 0.1) is 34.0 Å². The maximum absolute atomic E-state index is 12.4. The standard InChI is InChI=1S/C25H38O6/c1-14(30-15(2)26)18-7-11-25(29)21(18,4)10-8-19-22(5)9-6-17-12-23(17,22)20(31-16(3)27)13-24(19,25)28/h14,17-20,28-29H,6-13H2,1-5H3. The molecule has 1 spiro atoms. The van der Waals surface area contributed by atoms with Crippen LogP contribution in [0.25, 0.3) is 0 Å². The van der Waals surface area contributed by atoms with Crippen LogP contribution in [-0.4, -0.2) is 45.6 Å². The fourth-order valence-electron chi connectivity index (χ4n) is 9.79. The van der Waals surface area contributed by atoms with Crippen LogP contribution < -0.4 is 0 Å². The van der Waals surface area contributed by atoms with Gasteiger partial charge in [-0.3, -0.25) is 9.59 Å². The van der Waals surface area contributed by atoms with Gasteiger partial charge in [-0.05, 0) is 69.1 Å². The van der Waals surface area contributed by atoms with E-state index < -0.39 is 16.6 Å². The van der Waals surface area contributed by atoms with Crippen LogP contribution in [0.4, 0.5) is 0 Å². The largest absolute Gasteiger partial charge is 0.463 e. The molecule has 0 aromatic heterocycles. The van der Waals surface area contributed by atoms with E-state index >= 15 is 0 Å². The number of hydrogen-bond donors (Lipinski definition) is 2. The van der Waals surface area contributed by atoms with E-state index in [1.165, 1.54) is 13.8 Å². The number of fused-ring (bicyclic) bond motifs is 4. The Morgan fingerprint density at radius 2 is 1.61 bits per heavy atom. The minimum atomic E-state index is -1.32. The molecule has 0 aliphatic heterocycles. The Bertz CT molecular complexity index is 827. The molecule has 174 valence electrons. The molecule has 31 heavy (non-hydrogen) atoms. The fourth-order valence-corrected chi connectivity index (χ4v) is 9.79. The van der Waals surface area contributed by atoms with Crippen molar-refractivity contribution in [1.29, 1.82) is 0 Å². The molecule has 6 heteroatoms. The molecular formula is C25H38O6. The lowest BCUT2D eigenvalue weighted by molar-refractivity contribution is -0.312. The monoisotopic (exact) mass is 434 g/mol. The lowest BCUT2D eigenvalue weighted by atomic mass is 9.42. The Labute approximate surface area is 185 Å². The summed E-state index contributed by atoms with van der Waals surface area (Å²) in [5.74, 6) is -0.0827. The summed E-state index contributed by atoms with van der Waals surface area (Å²) in [6.07, 6.45) is 5.68. The molecule has 0 aromatic rings. The molecule has 0 aromatic carbocycles. The van der Waals surface area contributed by atoms with Crippen LogP contribution in [0.1, 0.15) is 86.0 Å². The first-order chi connectivity index (χ1) is 14.4. The smallest absolute Gasteiger partial charge is 0.302 e. The van der Waals surface area contributed by atoms with E-state index in [9.17, 15) is 19.8 Å². The maximum Gasteiger partial charge on any atom is 0.302 e. The van der Waals surface area contributed by atoms with Crippen molar-refractivity contribution in [3.63, 3.8) is 0 Å². The summed E-state index contributed by atoms with van der Waals surface area (Å²) in [5, 5.41) is 24.8. The normalized spacial score (nSPS) is 55.3. The first-order valence-corrected chi connectivity index (χ1v) is 12.1. The second kappa shape index (κ2) is 6.25. The van der Waals surface area contributed by atoms with E-state index in [4.69, 9.17) is 9.47 Å². The third-order valence-electron chi connectivity index (χ3n) is 11.1. The number of rotatable bonds is 3. The van der Waals surface area contributed by atoms with Crippen LogP contribution in [0.5, 0.6) is 0 Å². The topological polar surface area (TPSA) is 93.1 Å². The zero-order chi connectivity index (χ0) is 22.6. The molecule has 0 heterocycles. The van der Waals surface area contributed by atoms with Crippen LogP contribution >= 0.6 is 0 Å². The van der Waals surface area contributed by atoms with Gasteiger partial charge in [0.25, 0.3) is 0 Å². The van der Waals surface area contributed by atoms with E-state index in [1.807, 2.05) is 6.92 Å². The summed E-state index contributed by atoms with van der Waals surface area (Å²) >= 11 is 0. The van der Waals surface area contributed by atoms with E-state index in [2.05, 4.69) is 13.8 Å². The van der Waals surface area contributed by atoms with Gasteiger partial charge in [0.15, 0.2) is 0 Å². The number of ether oxygens (including phenoxy) is 2. The van der Waals surface area contributed by atoms with Crippen LogP contribution in [-0.2, 0) is 19.1 Å². The molecule has 10 unspecified atom stereocenters. The van der Waals surface area contributed by atoms with Gasteiger partial charge >= 0.3 is 11.9 Å². The molecule has 0 saturated heterocycles. The Hall–Kier alpha value is -1.14. The molecule has 5 aliphatic rings. The fraction of sp³-hybridized carbons (Fsp3) is 0.920. The summed E-state index contributed by atoms with van der Waals surface area (Å²) < 4.78 is 11.5. The first-order valence-electron chi connectivity index (χ1n) is 12.1. The Morgan fingerprint density at radius 1 is 0.935 bits per heavy atom. The van der Waals surface area contributed by atoms with Crippen molar-refractivity contribution in [1.82, 2.24) is 0 Å². The minimum absolute atomic E-state index is 0.0137. The highest BCUT2D eigenvalue weighted by molar-refractivity contribution is 5.66. The average Bonchev–Trinajstić information content (AvgIpc) is 3.22. The van der Waals surface area contributed by atoms with Gasteiger partial charge in [0, 0.05) is 37.0 Å². The van der Waals surface area contributed by atoms with Crippen LogP contribution in [0.2, 0.25) is 0 Å². The van der Waals surface area contributed by atoms with Crippen molar-refractivity contribution in [2.24, 2.45) is 34.0 Å². The molecule has 2 N–H and O–H groups in total. The van der Waals surface area contributed by atoms with Gasteiger partial charge in [-0.25, -0.2) is 0 Å². The summed E-state index contributed by atoms with van der Waals surface area (Å²) in [7, 11) is 0. The van der Waals surface area contributed by atoms with Gasteiger partial charge in [0.2, 0.25) is 0 Å². The lowest BCUT2D eigenvalue weighted by Gasteiger charge is -2.67. The van der Waals surface area contributed by atoms with Gasteiger partial charge in [-0.15, -0.1) is 0 Å². The number of carbonyl (C=O) groups is 2. The summed E-state index contributed by atoms with van der Waals surface area (Å²) in [6, 6.07) is 0. The quantitative estimate of drug-likeness (QED) is 0.662. The summed E-state index contributed by atoms with van der Waals surface area (Å²) in [4.78, 5) is 23.6. The summed E-state index contributed by atoms with van der Waals surface area (Å²) in [6.45, 7) is 9.13. The van der Waals surface area contributed by atoms with Gasteiger partial charge in [-0.1, -0.05) is 13.8 Å². The molecule has 10 atom stereocenters. The highest BCUT2D eigenvalue weighted by Crippen LogP contribution is 2.83. The zero-order valence-electron chi connectivity index (χ0n) is 19.6. The van der Waals surface area contributed by atoms with Gasteiger partial charge in [0.1, 0.15) is 17.8 Å². The van der Waals surface area contributed by atoms with Crippen molar-refractivity contribution in [2.45, 2.75) is 109 Å². The third-order valence-corrected chi connectivity index (χ3v) is 11.1. The van der Waals surface area contributed by atoms with Gasteiger partial charge in [0.05, 0.1) is 5.60 Å². The molecule has 5 rings (SSSR count). The van der Waals surface area contributed by atoms with Crippen molar-refractivity contribution < 1.29 is 29.3 Å². The van der Waals surface area contributed by atoms with E-state index in [-0.39, 0.29) is 46.8 Å². The Balaban J connectivity index is 1.56. The second-order valence-electron chi connectivity index (χ2n) is 12.0. The van der Waals surface area contributed by atoms with E-state index in [0.717, 1.165) is 32.1 Å². The SMILES string of the molecule is CC(=O)OC(C)C1CCC2(O)C1(C)CCC1C3(C)CCC4CC43C(OC(C)=O)CC12O. The average molecular weight is 435 g/mol. The molecule has 5 saturated carbocycles. The highest BCUT2D eigenvalue weighted by atomic mass is 16.5. The molecule has 6 nitrogen and oxygen atoms in total. The maximum atomic E-state index is 12.4. The van der Waals surface area contributed by atoms with Crippen molar-refractivity contribution >= 4 is 11.9 Å². The van der Waals surface area contributed by atoms with Crippen molar-refractivity contribution in [3.8, 4) is 0 Å². The lowest BCUT2D eigenvalue weighted by Crippen LogP contribution is -2.75. The summed E-state index contributed by atoms with van der Waals surface area (Å²) in [5.41, 5.74) is -3.35. The van der Waals surface area contributed by atoms with Crippen molar-refractivity contribution in [2.75, 3.05) is 0 Å². The van der Waals surface area contributed by atoms with Gasteiger partial charge < -0.3 is 19.7 Å².